The van der Waals surface area contributed by atoms with Gasteiger partial charge in [-0.15, -0.1) is 54.1 Å². The molecule has 9 rings (SSSR count). The normalized spacial score (nSPS) is 11.0. The second-order valence-electron chi connectivity index (χ2n) is 13.2. The van der Waals surface area contributed by atoms with E-state index in [1.165, 1.54) is 27.8 Å². The van der Waals surface area contributed by atoms with Crippen molar-refractivity contribution < 1.29 is 24.5 Å². The second kappa shape index (κ2) is 15.0. The van der Waals surface area contributed by atoms with E-state index in [0.717, 1.165) is 72.3 Å². The van der Waals surface area contributed by atoms with E-state index < -0.39 is 0 Å². The van der Waals surface area contributed by atoms with E-state index >= 15 is 0 Å². The van der Waals surface area contributed by atoms with E-state index in [1.54, 1.807) is 6.20 Å². The molecule has 0 atom stereocenters. The number of nitrogens with zero attached hydrogens (tertiary/aromatic N) is 4. The summed E-state index contributed by atoms with van der Waals surface area (Å²) < 4.78 is 6.25. The van der Waals surface area contributed by atoms with Crippen LogP contribution < -0.4 is 0 Å². The van der Waals surface area contributed by atoms with Gasteiger partial charge in [0.1, 0.15) is 0 Å². The number of hydrogen-bond donors (Lipinski definition) is 0. The number of rotatable bonds is 4. The third kappa shape index (κ3) is 7.04. The first-order chi connectivity index (χ1) is 25.3. The van der Waals surface area contributed by atoms with Crippen molar-refractivity contribution in [3.8, 4) is 44.9 Å². The van der Waals surface area contributed by atoms with Crippen LogP contribution in [0.3, 0.4) is 0 Å². The molecule has 5 nitrogen and oxygen atoms in total. The van der Waals surface area contributed by atoms with Gasteiger partial charge >= 0.3 is 0 Å². The fraction of sp³-hybridized carbons (Fsp3) is 0.106. The molecule has 4 aromatic carbocycles. The summed E-state index contributed by atoms with van der Waals surface area (Å²) in [5, 5.41) is 3.13. The predicted octanol–water partition coefficient (Wildman–Crippen LogP) is 11.8. The predicted molar refractivity (Wildman–Crippen MR) is 212 cm³/mol. The summed E-state index contributed by atoms with van der Waals surface area (Å²) in [4.78, 5) is 18.7. The van der Waals surface area contributed by atoms with E-state index in [-0.39, 0.29) is 20.1 Å². The summed E-state index contributed by atoms with van der Waals surface area (Å²) >= 11 is 0. The molecule has 0 unspecified atom stereocenters. The van der Waals surface area contributed by atoms with E-state index in [9.17, 15) is 0 Å². The second-order valence-corrected chi connectivity index (χ2v) is 13.2. The molecule has 0 saturated carbocycles. The minimum atomic E-state index is 0. The summed E-state index contributed by atoms with van der Waals surface area (Å²) in [5.74, 6) is 0. The van der Waals surface area contributed by atoms with Crippen LogP contribution in [0.4, 0.5) is 0 Å². The molecule has 0 fully saturated rings. The summed E-state index contributed by atoms with van der Waals surface area (Å²) in [6.07, 6.45) is 3.73. The van der Waals surface area contributed by atoms with Crippen LogP contribution in [0.5, 0.6) is 0 Å². The van der Waals surface area contributed by atoms with Crippen molar-refractivity contribution in [1.82, 2.24) is 19.9 Å². The molecule has 5 heterocycles. The maximum absolute atomic E-state index is 6.25. The van der Waals surface area contributed by atoms with Crippen molar-refractivity contribution in [3.05, 3.63) is 168 Å². The average Bonchev–Trinajstić information content (AvgIpc) is 3.54. The maximum atomic E-state index is 6.25. The van der Waals surface area contributed by atoms with Gasteiger partial charge in [0.05, 0.1) is 16.8 Å². The van der Waals surface area contributed by atoms with Crippen LogP contribution in [-0.4, -0.2) is 19.9 Å². The van der Waals surface area contributed by atoms with Crippen LogP contribution in [-0.2, 0) is 20.1 Å². The molecular weight excluding hydrogens is 829 g/mol. The van der Waals surface area contributed by atoms with E-state index in [1.807, 2.05) is 73.8 Å². The number of benzene rings is 4. The Morgan fingerprint density at radius 3 is 2.15 bits per heavy atom. The third-order valence-corrected chi connectivity index (χ3v) is 9.51. The van der Waals surface area contributed by atoms with Gasteiger partial charge in [0.2, 0.25) is 5.71 Å². The molecule has 5 aromatic heterocycles. The summed E-state index contributed by atoms with van der Waals surface area (Å²) in [7, 11) is 0. The number of fused-ring (bicyclic) bond motifs is 4. The molecule has 0 aliphatic heterocycles. The number of pyridine rings is 4. The third-order valence-electron chi connectivity index (χ3n) is 9.51. The Kier molecular flexibility index (Phi) is 10.1. The van der Waals surface area contributed by atoms with Gasteiger partial charge in [-0.05, 0) is 116 Å². The van der Waals surface area contributed by atoms with E-state index in [4.69, 9.17) is 14.4 Å². The quantitative estimate of drug-likeness (QED) is 0.165. The molecule has 0 bridgehead atoms. The monoisotopic (exact) mass is 865 g/mol. The first kappa shape index (κ1) is 35.6. The standard InChI is InChI=1S/C36H28N3O.C11H8N.Ir/c1-20-8-6-9-21(2)34(20)31-15-13-25-17-29(22(3)16-32(25)39-31)30-18-33(37-19-23(30)4)28-11-7-10-26-27-14-12-24(5)38-36(27)40-35(26)28;1-2-6-10(7-3-1)11-8-4-5-9-12-11;/h6-10,12-19H,1-5H3;1-6,8-9H;/q2*-1;. The zero-order valence-corrected chi connectivity index (χ0v) is 32.5. The molecule has 9 aromatic rings. The Labute approximate surface area is 323 Å². The van der Waals surface area contributed by atoms with Gasteiger partial charge in [-0.3, -0.25) is 0 Å². The number of aryl methyl sites for hydroxylation is 5. The SMILES string of the molecule is Cc1ccc2c(n1)oc1c(-c3cc(-c4cc5ccc(-c6c(C)cccc6C)nc5cc4C)c(C)cn3)[c-]ccc12.[Ir].[c-]1ccccc1-c1ccccn1. The zero-order chi connectivity index (χ0) is 35.8. The maximum Gasteiger partial charge on any atom is 0.216 e. The van der Waals surface area contributed by atoms with Crippen molar-refractivity contribution in [3.63, 3.8) is 0 Å². The smallest absolute Gasteiger partial charge is 0.216 e. The van der Waals surface area contributed by atoms with Crippen molar-refractivity contribution in [2.75, 3.05) is 0 Å². The van der Waals surface area contributed by atoms with Crippen molar-refractivity contribution >= 4 is 33.0 Å². The van der Waals surface area contributed by atoms with Crippen molar-refractivity contribution in [2.24, 2.45) is 0 Å². The largest absolute Gasteiger partial charge is 0.486 e. The Balaban J connectivity index is 0.000000284. The van der Waals surface area contributed by atoms with Crippen LogP contribution in [0, 0.1) is 46.8 Å². The Hall–Kier alpha value is -5.81. The van der Waals surface area contributed by atoms with Gasteiger partial charge in [-0.25, -0.2) is 9.97 Å². The number of aromatic nitrogens is 4. The molecule has 0 aliphatic carbocycles. The van der Waals surface area contributed by atoms with Gasteiger partial charge in [0.25, 0.3) is 0 Å². The van der Waals surface area contributed by atoms with Crippen LogP contribution in [0.2, 0.25) is 0 Å². The minimum absolute atomic E-state index is 0. The summed E-state index contributed by atoms with van der Waals surface area (Å²) in [5.41, 5.74) is 16.3. The molecule has 0 spiro atoms. The summed E-state index contributed by atoms with van der Waals surface area (Å²) in [6.45, 7) is 10.5. The fourth-order valence-corrected chi connectivity index (χ4v) is 6.85. The molecule has 0 N–H and O–H groups in total. The number of hydrogen-bond acceptors (Lipinski definition) is 5. The Morgan fingerprint density at radius 2 is 1.38 bits per heavy atom. The summed E-state index contributed by atoms with van der Waals surface area (Å²) in [6, 6.07) is 45.6. The molecule has 0 aliphatic rings. The van der Waals surface area contributed by atoms with Gasteiger partial charge < -0.3 is 14.4 Å². The van der Waals surface area contributed by atoms with Gasteiger partial charge in [0, 0.05) is 54.5 Å². The van der Waals surface area contributed by atoms with Gasteiger partial charge in [0.15, 0.2) is 0 Å². The van der Waals surface area contributed by atoms with E-state index in [0.29, 0.717) is 5.71 Å². The Morgan fingerprint density at radius 1 is 0.566 bits per heavy atom. The number of furan rings is 1. The molecule has 0 saturated heterocycles. The van der Waals surface area contributed by atoms with Crippen LogP contribution >= 0.6 is 0 Å². The molecule has 1 radical (unpaired) electrons. The minimum Gasteiger partial charge on any atom is -0.486 e. The van der Waals surface area contributed by atoms with Gasteiger partial charge in [-0.2, -0.15) is 0 Å². The first-order valence-corrected chi connectivity index (χ1v) is 17.4. The van der Waals surface area contributed by atoms with Crippen LogP contribution in [0.1, 0.15) is 27.9 Å². The molecule has 53 heavy (non-hydrogen) atoms. The average molecular weight is 865 g/mol. The van der Waals surface area contributed by atoms with Crippen LogP contribution in [0.15, 0.2) is 132 Å². The van der Waals surface area contributed by atoms with Gasteiger partial charge in [-0.1, -0.05) is 53.4 Å². The molecular formula is C47H36IrN4O-2. The van der Waals surface area contributed by atoms with Crippen molar-refractivity contribution in [2.45, 2.75) is 34.6 Å². The van der Waals surface area contributed by atoms with Crippen molar-refractivity contribution in [1.29, 1.82) is 0 Å². The Bertz CT molecular complexity index is 2680. The molecule has 0 amide bonds. The first-order valence-electron chi connectivity index (χ1n) is 17.4. The van der Waals surface area contributed by atoms with E-state index in [2.05, 4.69) is 104 Å². The topological polar surface area (TPSA) is 64.7 Å². The fourth-order valence-electron chi connectivity index (χ4n) is 6.85. The van der Waals surface area contributed by atoms with Crippen LogP contribution in [0.25, 0.3) is 77.9 Å². The molecule has 261 valence electrons. The molecule has 6 heteroatoms. The zero-order valence-electron chi connectivity index (χ0n) is 30.2.